The number of fused-ring (bicyclic) bond motifs is 1. The second-order valence-corrected chi connectivity index (χ2v) is 11.9. The van der Waals surface area contributed by atoms with Crippen LogP contribution in [0.2, 0.25) is 0 Å². The van der Waals surface area contributed by atoms with Crippen LogP contribution in [0.4, 0.5) is 0 Å². The zero-order valence-electron chi connectivity index (χ0n) is 18.5. The van der Waals surface area contributed by atoms with Crippen molar-refractivity contribution in [2.24, 2.45) is 11.8 Å². The van der Waals surface area contributed by atoms with Gasteiger partial charge in [-0.15, -0.1) is 0 Å². The summed E-state index contributed by atoms with van der Waals surface area (Å²) >= 11 is 0. The van der Waals surface area contributed by atoms with Crippen LogP contribution in [0, 0.1) is 11.8 Å². The smallest absolute Gasteiger partial charge is 0.329 e. The molecule has 0 aromatic rings. The van der Waals surface area contributed by atoms with Gasteiger partial charge in [-0.1, -0.05) is 25.7 Å². The third-order valence-corrected chi connectivity index (χ3v) is 9.30. The molecule has 2 aliphatic carbocycles. The summed E-state index contributed by atoms with van der Waals surface area (Å²) in [6.07, 6.45) is 7.09. The van der Waals surface area contributed by atoms with E-state index in [0.717, 1.165) is 43.4 Å². The molecular formula is C22H32N2O7S. The van der Waals surface area contributed by atoms with Crippen LogP contribution in [0.5, 0.6) is 0 Å². The summed E-state index contributed by atoms with van der Waals surface area (Å²) in [6.45, 7) is 0.942. The standard InChI is InChI=1S/C22H32N2O7S/c1-14(23-20(26)17-8-4-5-9-18(17)21(23)27)22(28)31-12-19(25)24(15-6-2-3-7-15)16-10-11-32(29,30)13-16/h14-18H,2-13H2,1H3/t14-,16?,17?,18?/m0/s1. The molecule has 10 heteroatoms. The zero-order valence-corrected chi connectivity index (χ0v) is 19.3. The number of ether oxygens (including phenoxy) is 1. The molecule has 178 valence electrons. The molecule has 2 saturated carbocycles. The van der Waals surface area contributed by atoms with Crippen molar-refractivity contribution in [3.63, 3.8) is 0 Å². The topological polar surface area (TPSA) is 118 Å². The molecule has 2 saturated heterocycles. The van der Waals surface area contributed by atoms with Crippen LogP contribution in [0.3, 0.4) is 0 Å². The third-order valence-electron chi connectivity index (χ3n) is 7.55. The molecule has 2 aliphatic heterocycles. The fraction of sp³-hybridized carbons (Fsp3) is 0.818. The number of imide groups is 1. The molecule has 0 spiro atoms. The highest BCUT2D eigenvalue weighted by molar-refractivity contribution is 7.91. The number of hydrogen-bond acceptors (Lipinski definition) is 7. The summed E-state index contributed by atoms with van der Waals surface area (Å²) in [6, 6.07) is -1.52. The number of esters is 1. The van der Waals surface area contributed by atoms with Crippen molar-refractivity contribution in [3.8, 4) is 0 Å². The Labute approximate surface area is 188 Å². The molecule has 0 aromatic carbocycles. The Morgan fingerprint density at radius 3 is 2.06 bits per heavy atom. The van der Waals surface area contributed by atoms with E-state index in [1.807, 2.05) is 0 Å². The van der Waals surface area contributed by atoms with Gasteiger partial charge in [-0.2, -0.15) is 0 Å². The van der Waals surface area contributed by atoms with E-state index in [4.69, 9.17) is 4.74 Å². The van der Waals surface area contributed by atoms with Gasteiger partial charge in [0.25, 0.3) is 5.91 Å². The van der Waals surface area contributed by atoms with Crippen LogP contribution in [0.1, 0.15) is 64.7 Å². The molecular weight excluding hydrogens is 436 g/mol. The first-order chi connectivity index (χ1) is 15.2. The van der Waals surface area contributed by atoms with Crippen LogP contribution in [0.15, 0.2) is 0 Å². The maximum atomic E-state index is 13.0. The largest absolute Gasteiger partial charge is 0.454 e. The average molecular weight is 469 g/mol. The van der Waals surface area contributed by atoms with Crippen LogP contribution < -0.4 is 0 Å². The van der Waals surface area contributed by atoms with Gasteiger partial charge in [0.15, 0.2) is 16.4 Å². The number of hydrogen-bond donors (Lipinski definition) is 0. The van der Waals surface area contributed by atoms with Crippen molar-refractivity contribution < 1.29 is 32.3 Å². The zero-order chi connectivity index (χ0) is 23.0. The van der Waals surface area contributed by atoms with Gasteiger partial charge in [0.2, 0.25) is 11.8 Å². The molecule has 3 unspecified atom stereocenters. The Kier molecular flexibility index (Phi) is 6.61. The molecule has 4 fully saturated rings. The molecule has 2 heterocycles. The SMILES string of the molecule is C[C@@H](C(=O)OCC(=O)N(C1CCCC1)C1CCS(=O)(=O)C1)N1C(=O)C2CCCCC2C1=O. The Balaban J connectivity index is 1.39. The second kappa shape index (κ2) is 9.11. The molecule has 4 atom stereocenters. The van der Waals surface area contributed by atoms with Gasteiger partial charge in [0.1, 0.15) is 6.04 Å². The van der Waals surface area contributed by atoms with Gasteiger partial charge in [0, 0.05) is 12.1 Å². The molecule has 4 rings (SSSR count). The third kappa shape index (κ3) is 4.43. The molecule has 0 aromatic heterocycles. The lowest BCUT2D eigenvalue weighted by Gasteiger charge is -2.34. The average Bonchev–Trinajstić information content (AvgIpc) is 3.46. The lowest BCUT2D eigenvalue weighted by molar-refractivity contribution is -0.162. The molecule has 0 radical (unpaired) electrons. The monoisotopic (exact) mass is 468 g/mol. The van der Waals surface area contributed by atoms with Crippen LogP contribution in [0.25, 0.3) is 0 Å². The maximum Gasteiger partial charge on any atom is 0.329 e. The first kappa shape index (κ1) is 23.2. The van der Waals surface area contributed by atoms with Gasteiger partial charge in [0.05, 0.1) is 23.3 Å². The fourth-order valence-corrected chi connectivity index (χ4v) is 7.60. The highest BCUT2D eigenvalue weighted by atomic mass is 32.2. The quantitative estimate of drug-likeness (QED) is 0.422. The molecule has 9 nitrogen and oxygen atoms in total. The normalized spacial score (nSPS) is 30.9. The van der Waals surface area contributed by atoms with Gasteiger partial charge in [-0.25, -0.2) is 13.2 Å². The minimum Gasteiger partial charge on any atom is -0.454 e. The van der Waals surface area contributed by atoms with Crippen molar-refractivity contribution in [1.82, 2.24) is 9.80 Å². The van der Waals surface area contributed by atoms with Crippen molar-refractivity contribution in [2.75, 3.05) is 18.1 Å². The number of sulfone groups is 1. The Morgan fingerprint density at radius 1 is 0.969 bits per heavy atom. The van der Waals surface area contributed by atoms with Gasteiger partial charge in [-0.3, -0.25) is 19.3 Å². The molecule has 0 N–H and O–H groups in total. The number of likely N-dealkylation sites (tertiary alicyclic amines) is 1. The minimum atomic E-state index is -3.17. The fourth-order valence-electron chi connectivity index (χ4n) is 5.89. The van der Waals surface area contributed by atoms with Crippen LogP contribution in [-0.2, 0) is 33.8 Å². The Bertz CT molecular complexity index is 872. The van der Waals surface area contributed by atoms with E-state index in [-0.39, 0.29) is 41.2 Å². The van der Waals surface area contributed by atoms with Gasteiger partial charge >= 0.3 is 5.97 Å². The van der Waals surface area contributed by atoms with Gasteiger partial charge in [-0.05, 0) is 39.0 Å². The number of amides is 3. The minimum absolute atomic E-state index is 0.0400. The van der Waals surface area contributed by atoms with E-state index in [9.17, 15) is 27.6 Å². The first-order valence-electron chi connectivity index (χ1n) is 11.7. The highest BCUT2D eigenvalue weighted by Gasteiger charge is 2.51. The summed E-state index contributed by atoms with van der Waals surface area (Å²) < 4.78 is 29.2. The molecule has 0 bridgehead atoms. The van der Waals surface area contributed by atoms with Crippen molar-refractivity contribution in [2.45, 2.75) is 82.8 Å². The highest BCUT2D eigenvalue weighted by Crippen LogP contribution is 2.39. The molecule has 4 aliphatic rings. The van der Waals surface area contributed by atoms with Crippen LogP contribution >= 0.6 is 0 Å². The summed E-state index contributed by atoms with van der Waals surface area (Å²) in [5, 5.41) is 0. The van der Waals surface area contributed by atoms with E-state index >= 15 is 0 Å². The van der Waals surface area contributed by atoms with E-state index in [0.29, 0.717) is 19.3 Å². The Morgan fingerprint density at radius 2 is 1.53 bits per heavy atom. The number of carbonyl (C=O) groups is 4. The molecule has 3 amide bonds. The number of rotatable bonds is 6. The summed E-state index contributed by atoms with van der Waals surface area (Å²) in [5.74, 6) is -2.54. The second-order valence-electron chi connectivity index (χ2n) is 9.62. The van der Waals surface area contributed by atoms with Crippen LogP contribution in [-0.4, -0.2) is 78.1 Å². The van der Waals surface area contributed by atoms with Crippen molar-refractivity contribution in [1.29, 1.82) is 0 Å². The molecule has 32 heavy (non-hydrogen) atoms. The van der Waals surface area contributed by atoms with Gasteiger partial charge < -0.3 is 9.64 Å². The van der Waals surface area contributed by atoms with E-state index < -0.39 is 40.4 Å². The first-order valence-corrected chi connectivity index (χ1v) is 13.6. The predicted octanol–water partition coefficient (Wildman–Crippen LogP) is 1.05. The van der Waals surface area contributed by atoms with E-state index in [1.165, 1.54) is 6.92 Å². The van der Waals surface area contributed by atoms with Crippen molar-refractivity contribution in [3.05, 3.63) is 0 Å². The number of nitrogens with zero attached hydrogens (tertiary/aromatic N) is 2. The number of carbonyl (C=O) groups excluding carboxylic acids is 4. The summed E-state index contributed by atoms with van der Waals surface area (Å²) in [4.78, 5) is 53.8. The predicted molar refractivity (Wildman–Crippen MR) is 114 cm³/mol. The maximum absolute atomic E-state index is 13.0. The lowest BCUT2D eigenvalue weighted by Crippen LogP contribution is -2.49. The lowest BCUT2D eigenvalue weighted by atomic mass is 9.81. The summed E-state index contributed by atoms with van der Waals surface area (Å²) in [7, 11) is -3.17. The Hall–Kier alpha value is -1.97. The van der Waals surface area contributed by atoms with E-state index in [1.54, 1.807) is 4.90 Å². The van der Waals surface area contributed by atoms with Crippen molar-refractivity contribution >= 4 is 33.5 Å². The van der Waals surface area contributed by atoms with E-state index in [2.05, 4.69) is 0 Å². The summed E-state index contributed by atoms with van der Waals surface area (Å²) in [5.41, 5.74) is 0.